The molecule has 0 amide bonds. The van der Waals surface area contributed by atoms with Crippen LogP contribution in [0.5, 0.6) is 0 Å². The zero-order valence-corrected chi connectivity index (χ0v) is 84.5. The van der Waals surface area contributed by atoms with E-state index < -0.39 is 0 Å². The Bertz CT molecular complexity index is 6380. The van der Waals surface area contributed by atoms with Gasteiger partial charge in [0.15, 0.2) is 0 Å². The maximum absolute atomic E-state index is 2.51. The molecule has 0 aromatic heterocycles. The fraction of sp³-hybridized carbons (Fsp3) is 0.439. The summed E-state index contributed by atoms with van der Waals surface area (Å²) in [5.74, 6) is 0. The van der Waals surface area contributed by atoms with Crippen LogP contribution in [0.15, 0.2) is 170 Å². The van der Waals surface area contributed by atoms with Crippen LogP contribution in [0.2, 0.25) is 0 Å². The van der Waals surface area contributed by atoms with E-state index in [0.29, 0.717) is 5.41 Å². The third-order valence-corrected chi connectivity index (χ3v) is 34.9. The Morgan fingerprint density at radius 2 is 0.629 bits per heavy atom. The average molecular weight is 1740 g/mol. The first-order chi connectivity index (χ1) is 64.2. The van der Waals surface area contributed by atoms with Gasteiger partial charge in [-0.2, -0.15) is 0 Å². The van der Waals surface area contributed by atoms with Gasteiger partial charge in [0.05, 0.1) is 0 Å². The minimum atomic E-state index is 0.167. The van der Waals surface area contributed by atoms with E-state index in [1.807, 2.05) is 0 Å². The normalized spacial score (nSPS) is 19.9. The van der Waals surface area contributed by atoms with Crippen molar-refractivity contribution >= 4 is 41.2 Å². The molecular weight excluding hydrogens is 1590 g/mol. The summed E-state index contributed by atoms with van der Waals surface area (Å²) in [4.78, 5) is 0. The van der Waals surface area contributed by atoms with Gasteiger partial charge in [0.25, 0.3) is 0 Å². The zero-order valence-electron chi connectivity index (χ0n) is 84.5. The van der Waals surface area contributed by atoms with Crippen molar-refractivity contribution in [3.05, 3.63) is 331 Å². The zero-order chi connectivity index (χ0) is 92.0. The van der Waals surface area contributed by atoms with Gasteiger partial charge in [0.1, 0.15) is 0 Å². The first-order valence-corrected chi connectivity index (χ1v) is 53.2. The monoisotopic (exact) mass is 1740 g/mol. The Labute approximate surface area is 798 Å². The van der Waals surface area contributed by atoms with Crippen LogP contribution in [-0.4, -0.2) is 0 Å². The number of benzene rings is 11. The lowest BCUT2D eigenvalue weighted by Crippen LogP contribution is -2.32. The van der Waals surface area contributed by atoms with Crippen molar-refractivity contribution in [1.29, 1.82) is 0 Å². The summed E-state index contributed by atoms with van der Waals surface area (Å²) in [6.07, 6.45) is 72.0. The summed E-state index contributed by atoms with van der Waals surface area (Å²) in [5.41, 5.74) is 60.4. The molecule has 5 atom stereocenters. The number of rotatable bonds is 28. The minimum absolute atomic E-state index is 0.167. The lowest BCUT2D eigenvalue weighted by molar-refractivity contribution is 0.437. The Kier molecular flexibility index (Phi) is 27.4. The summed E-state index contributed by atoms with van der Waals surface area (Å²) >= 11 is 0. The second-order valence-corrected chi connectivity index (χ2v) is 43.3. The number of hydrogen-bond donors (Lipinski definition) is 0. The van der Waals surface area contributed by atoms with Crippen LogP contribution in [0.4, 0.5) is 0 Å². The summed E-state index contributed by atoms with van der Waals surface area (Å²) in [6.45, 7) is 38.9. The van der Waals surface area contributed by atoms with Crippen molar-refractivity contribution in [3.63, 3.8) is 0 Å². The van der Waals surface area contributed by atoms with Crippen molar-refractivity contribution < 1.29 is 0 Å². The Morgan fingerprint density at radius 1 is 0.242 bits per heavy atom. The van der Waals surface area contributed by atoms with Crippen LogP contribution in [0.25, 0.3) is 96.8 Å². The van der Waals surface area contributed by atoms with Crippen molar-refractivity contribution in [2.45, 2.75) is 376 Å². The topological polar surface area (TPSA) is 0 Å². The second kappa shape index (κ2) is 39.0. The molecule has 0 aliphatic heterocycles. The molecule has 5 unspecified atom stereocenters. The number of hydrogen-bond acceptors (Lipinski definition) is 0. The molecule has 132 heavy (non-hydrogen) atoms. The number of fused-ring (bicyclic) bond motifs is 15. The smallest absolute Gasteiger partial charge is 0.0258 e. The average Bonchev–Trinajstić information content (AvgIpc) is 1.52. The fourth-order valence-corrected chi connectivity index (χ4v) is 28.0. The molecule has 0 N–H and O–H groups in total. The fourth-order valence-electron chi connectivity index (χ4n) is 28.0. The highest BCUT2D eigenvalue weighted by Gasteiger charge is 2.52. The number of unbranched alkanes of at least 4 members (excludes halogenated alkanes) is 20. The molecule has 0 saturated heterocycles. The van der Waals surface area contributed by atoms with Gasteiger partial charge >= 0.3 is 0 Å². The van der Waals surface area contributed by atoms with Crippen molar-refractivity contribution in [1.82, 2.24) is 0 Å². The maximum Gasteiger partial charge on any atom is 0.0258 e. The summed E-state index contributed by atoms with van der Waals surface area (Å²) in [6, 6.07) is 54.4. The molecule has 0 radical (unpaired) electrons. The van der Waals surface area contributed by atoms with Crippen LogP contribution in [0, 0.1) is 90.0 Å². The highest BCUT2D eigenvalue weighted by atomic mass is 14.6. The predicted octanol–water partition coefficient (Wildman–Crippen LogP) is 38.4. The molecule has 0 fully saturated rings. The highest BCUT2D eigenvalue weighted by Crippen LogP contribution is 2.65. The molecule has 11 aliphatic rings. The van der Waals surface area contributed by atoms with Crippen LogP contribution >= 0.6 is 0 Å². The van der Waals surface area contributed by atoms with Crippen LogP contribution < -0.4 is 0 Å². The lowest BCUT2D eigenvalue weighted by Gasteiger charge is -2.39. The van der Waals surface area contributed by atoms with Crippen molar-refractivity contribution in [2.75, 3.05) is 0 Å². The Balaban J connectivity index is 0.000000111. The first-order valence-electron chi connectivity index (χ1n) is 53.2. The number of allylic oxidation sites excluding steroid dienone is 5. The van der Waals surface area contributed by atoms with Gasteiger partial charge in [-0.05, 0) is 384 Å². The second-order valence-electron chi connectivity index (χ2n) is 43.3. The Hall–Kier alpha value is -9.62. The standard InChI is InChI=1S/C30H34.3C27H34.C21H20/c1-4-5-6-7-8-11-18-30-19-12-15-24-22(3)23-13-9-10-14-25(23)28(29(24)30)26-17-16-21(2)20-27(26)30;1-5-6-7-8-9-10-17-27-18-11-12-22-20(3)14-16-24(26(22)27)23-15-13-19(2)21(4)25(23)27;1-5-6-7-8-9-10-15-27-16-11-12-22-20(3)13-14-23(26(22)27)25-21(4)17-19(2)18-24(25)27;1-5-6-7-8-9-10-15-27-16-11-12-22-19(2)13-14-23(26(22)27)24-17-20(3)21(4)18-25(24)27;1-13-7-9-17-18-10-8-14(2)16-6-4-12-21(20(16)18)11-3-5-15(13)19(17)21/h9-10,12-17,20H,4-8,11,18-19H2,1-3H3;11-16H,5-10,17-18H2,1-4H3;2*11-14,17-18H,5-10,15-16H2,1-4H3;3,5,7-10H,4,6,11-12H2,1-2H3. The van der Waals surface area contributed by atoms with Gasteiger partial charge in [-0.3, -0.25) is 0 Å². The quantitative estimate of drug-likeness (QED) is 0.0429. The van der Waals surface area contributed by atoms with E-state index in [1.54, 1.807) is 61.2 Å². The van der Waals surface area contributed by atoms with Gasteiger partial charge in [-0.25, -0.2) is 0 Å². The molecule has 0 bridgehead atoms. The molecular formula is C132H156. The van der Waals surface area contributed by atoms with Crippen molar-refractivity contribution in [3.8, 4) is 55.6 Å². The molecule has 0 heteroatoms. The predicted molar refractivity (Wildman–Crippen MR) is 576 cm³/mol. The van der Waals surface area contributed by atoms with E-state index in [0.717, 1.165) is 6.42 Å². The molecule has 0 heterocycles. The molecule has 0 saturated carbocycles. The SMILES string of the molecule is CCCCCCCCC12CC=Cc3c(C)ccc(c31)-c1c(C)cc(C)cc12.CCCCCCCCC12CC=Cc3c(C)ccc(c31)-c1cc(C)c(C)cc12.CCCCCCCCC12CC=Cc3c(C)ccc(c31)-c1ccc(C)c(C)c12.CCCCCCCCC12CC=Cc3c1c(c1ccccc1c3C)-c1ccc(C)cc12.Cc1ccc2c3c1C=CCC31CCCc3c(C)ccc-2c31. The van der Waals surface area contributed by atoms with E-state index >= 15 is 0 Å². The van der Waals surface area contributed by atoms with E-state index in [2.05, 4.69) is 318 Å². The molecule has 11 aromatic carbocycles. The van der Waals surface area contributed by atoms with Gasteiger partial charge in [0.2, 0.25) is 0 Å². The molecule has 22 rings (SSSR count). The van der Waals surface area contributed by atoms with Crippen LogP contribution in [0.3, 0.4) is 0 Å². The summed E-state index contributed by atoms with van der Waals surface area (Å²) < 4.78 is 0. The maximum atomic E-state index is 2.51. The minimum Gasteiger partial charge on any atom is -0.0827 e. The molecule has 1 spiro atoms. The van der Waals surface area contributed by atoms with E-state index in [9.17, 15) is 0 Å². The lowest BCUT2D eigenvalue weighted by atomic mass is 9.63. The van der Waals surface area contributed by atoms with Crippen LogP contribution in [0.1, 0.15) is 414 Å². The van der Waals surface area contributed by atoms with Gasteiger partial charge < -0.3 is 0 Å². The van der Waals surface area contributed by atoms with E-state index in [1.165, 1.54) is 391 Å². The van der Waals surface area contributed by atoms with Gasteiger partial charge in [0, 0.05) is 27.1 Å². The highest BCUT2D eigenvalue weighted by molar-refractivity contribution is 6.07. The molecule has 0 nitrogen and oxygen atoms in total. The number of aryl methyl sites for hydroxylation is 12. The van der Waals surface area contributed by atoms with Gasteiger partial charge in [-0.15, -0.1) is 0 Å². The van der Waals surface area contributed by atoms with E-state index in [-0.39, 0.29) is 21.7 Å². The molecule has 684 valence electrons. The first kappa shape index (κ1) is 92.8. The largest absolute Gasteiger partial charge is 0.0827 e. The Morgan fingerprint density at radius 3 is 1.18 bits per heavy atom. The summed E-state index contributed by atoms with van der Waals surface area (Å²) in [7, 11) is 0. The van der Waals surface area contributed by atoms with Crippen molar-refractivity contribution in [2.24, 2.45) is 0 Å². The van der Waals surface area contributed by atoms with Gasteiger partial charge in [-0.1, -0.05) is 393 Å². The molecule has 11 aliphatic carbocycles. The third-order valence-electron chi connectivity index (χ3n) is 34.9. The van der Waals surface area contributed by atoms with Crippen LogP contribution in [-0.2, 0) is 33.5 Å². The third kappa shape index (κ3) is 16.1. The summed E-state index contributed by atoms with van der Waals surface area (Å²) in [5, 5.41) is 2.86. The van der Waals surface area contributed by atoms with E-state index in [4.69, 9.17) is 0 Å². The molecule has 11 aromatic rings.